The first-order chi connectivity index (χ1) is 15.3. The molecule has 9 heteroatoms. The third-order valence-electron chi connectivity index (χ3n) is 5.92. The van der Waals surface area contributed by atoms with Crippen molar-refractivity contribution in [1.29, 1.82) is 0 Å². The molecule has 2 fully saturated rings. The topological polar surface area (TPSA) is 105 Å². The van der Waals surface area contributed by atoms with Gasteiger partial charge in [-0.1, -0.05) is 0 Å². The van der Waals surface area contributed by atoms with E-state index in [0.29, 0.717) is 5.82 Å². The Labute approximate surface area is 180 Å². The van der Waals surface area contributed by atoms with Crippen molar-refractivity contribution in [2.24, 2.45) is 0 Å². The summed E-state index contributed by atoms with van der Waals surface area (Å²) in [7, 11) is 0. The quantitative estimate of drug-likeness (QED) is 0.650. The molecule has 1 aliphatic heterocycles. The van der Waals surface area contributed by atoms with Gasteiger partial charge in [0.25, 0.3) is 5.91 Å². The molecule has 1 saturated heterocycles. The lowest BCUT2D eigenvalue weighted by Crippen LogP contribution is -2.40. The minimum Gasteiger partial charge on any atom is -0.488 e. The zero-order chi connectivity index (χ0) is 21.0. The summed E-state index contributed by atoms with van der Waals surface area (Å²) in [5.74, 6) is 0.965. The van der Waals surface area contributed by atoms with Crippen molar-refractivity contribution in [3.05, 3.63) is 42.7 Å². The average Bonchev–Trinajstić information content (AvgIpc) is 3.36. The maximum Gasteiger partial charge on any atom is 0.287 e. The second-order valence-electron chi connectivity index (χ2n) is 7.97. The third kappa shape index (κ3) is 4.46. The van der Waals surface area contributed by atoms with Gasteiger partial charge in [-0.3, -0.25) is 9.78 Å². The molecule has 2 N–H and O–H groups in total. The summed E-state index contributed by atoms with van der Waals surface area (Å²) >= 11 is 0. The van der Waals surface area contributed by atoms with E-state index >= 15 is 0 Å². The van der Waals surface area contributed by atoms with Crippen LogP contribution in [0.15, 0.2) is 36.9 Å². The molecular formula is C22H26N6O3. The number of aromatic amines is 1. The fourth-order valence-corrected chi connectivity index (χ4v) is 4.27. The van der Waals surface area contributed by atoms with Gasteiger partial charge in [0.2, 0.25) is 0 Å². The van der Waals surface area contributed by atoms with Crippen LogP contribution in [0.2, 0.25) is 0 Å². The lowest BCUT2D eigenvalue weighted by molar-refractivity contribution is 0.0885. The van der Waals surface area contributed by atoms with Crippen molar-refractivity contribution in [3.8, 4) is 5.75 Å². The molecule has 0 bridgehead atoms. The van der Waals surface area contributed by atoms with Gasteiger partial charge in [-0.15, -0.1) is 0 Å². The van der Waals surface area contributed by atoms with Gasteiger partial charge >= 0.3 is 0 Å². The lowest BCUT2D eigenvalue weighted by Gasteiger charge is -2.31. The number of benzene rings is 1. The molecule has 3 heterocycles. The Hall–Kier alpha value is -3.20. The van der Waals surface area contributed by atoms with E-state index in [1.165, 1.54) is 0 Å². The van der Waals surface area contributed by atoms with E-state index in [1.807, 2.05) is 0 Å². The number of fused-ring (bicyclic) bond motifs is 1. The molecule has 1 saturated carbocycles. The predicted molar refractivity (Wildman–Crippen MR) is 115 cm³/mol. The summed E-state index contributed by atoms with van der Waals surface area (Å²) in [5.41, 5.74) is 2.71. The van der Waals surface area contributed by atoms with E-state index in [9.17, 15) is 4.79 Å². The van der Waals surface area contributed by atoms with E-state index in [-0.39, 0.29) is 18.1 Å². The molecule has 2 aromatic heterocycles. The van der Waals surface area contributed by atoms with Gasteiger partial charge in [0.1, 0.15) is 11.3 Å². The highest BCUT2D eigenvalue weighted by Crippen LogP contribution is 2.33. The van der Waals surface area contributed by atoms with Gasteiger partial charge in [0.15, 0.2) is 5.82 Å². The summed E-state index contributed by atoms with van der Waals surface area (Å²) in [6, 6.07) is 4.28. The minimum atomic E-state index is -0.158. The summed E-state index contributed by atoms with van der Waals surface area (Å²) < 4.78 is 11.9. The van der Waals surface area contributed by atoms with Gasteiger partial charge in [0, 0.05) is 55.7 Å². The molecule has 3 aromatic rings. The second kappa shape index (κ2) is 8.89. The van der Waals surface area contributed by atoms with Crippen molar-refractivity contribution in [2.75, 3.05) is 31.2 Å². The number of rotatable bonds is 5. The number of carbonyl (C=O) groups is 1. The second-order valence-corrected chi connectivity index (χ2v) is 7.97. The number of nitrogens with zero attached hydrogens (tertiary/aromatic N) is 4. The number of hydrogen-bond donors (Lipinski definition) is 2. The fourth-order valence-electron chi connectivity index (χ4n) is 4.27. The first kappa shape index (κ1) is 19.7. The van der Waals surface area contributed by atoms with Crippen LogP contribution >= 0.6 is 0 Å². The van der Waals surface area contributed by atoms with Gasteiger partial charge in [-0.05, 0) is 31.7 Å². The first-order valence-electron chi connectivity index (χ1n) is 10.8. The average molecular weight is 422 g/mol. The maximum absolute atomic E-state index is 12.2. The molecule has 2 aliphatic rings. The predicted octanol–water partition coefficient (Wildman–Crippen LogP) is 2.31. The number of hydrogen-bond acceptors (Lipinski definition) is 7. The van der Waals surface area contributed by atoms with Crippen LogP contribution in [0.3, 0.4) is 0 Å². The molecule has 0 atom stereocenters. The van der Waals surface area contributed by atoms with E-state index in [1.54, 1.807) is 24.8 Å². The van der Waals surface area contributed by atoms with Gasteiger partial charge < -0.3 is 24.7 Å². The molecule has 0 radical (unpaired) electrons. The van der Waals surface area contributed by atoms with E-state index in [0.717, 1.165) is 74.5 Å². The molecule has 0 unspecified atom stereocenters. The Kier molecular flexibility index (Phi) is 5.66. The summed E-state index contributed by atoms with van der Waals surface area (Å²) in [6.07, 6.45) is 10.2. The van der Waals surface area contributed by atoms with Crippen LogP contribution in [0.5, 0.6) is 5.75 Å². The SMILES string of the molecule is O=C(N[C@H]1CC[C@@H](Oc2cc(N3CCOCC3)cc3nccnc23)CC1)c1ncc[nH]1. The van der Waals surface area contributed by atoms with Crippen LogP contribution in [0, 0.1) is 0 Å². The molecule has 0 spiro atoms. The summed E-state index contributed by atoms with van der Waals surface area (Å²) in [4.78, 5) is 30.4. The van der Waals surface area contributed by atoms with Crippen LogP contribution in [-0.2, 0) is 4.74 Å². The van der Waals surface area contributed by atoms with Gasteiger partial charge in [0.05, 0.1) is 24.8 Å². The van der Waals surface area contributed by atoms with Gasteiger partial charge in [-0.25, -0.2) is 9.97 Å². The number of morpholine rings is 1. The van der Waals surface area contributed by atoms with Crippen molar-refractivity contribution in [2.45, 2.75) is 37.8 Å². The first-order valence-corrected chi connectivity index (χ1v) is 10.8. The molecule has 162 valence electrons. The Balaban J connectivity index is 1.26. The van der Waals surface area contributed by atoms with E-state index < -0.39 is 0 Å². The van der Waals surface area contributed by atoms with Crippen LogP contribution in [0.25, 0.3) is 11.0 Å². The fraction of sp³-hybridized carbons (Fsp3) is 0.455. The van der Waals surface area contributed by atoms with Gasteiger partial charge in [-0.2, -0.15) is 0 Å². The monoisotopic (exact) mass is 422 g/mol. The standard InChI is InChI=1S/C22H26N6O3/c29-22(21-25-7-8-26-21)27-15-1-3-17(4-2-15)31-19-14-16(28-9-11-30-12-10-28)13-18-20(19)24-6-5-23-18/h5-8,13-15,17H,1-4,9-12H2,(H,25,26)(H,27,29)/t15-,17+. The van der Waals surface area contributed by atoms with E-state index in [4.69, 9.17) is 9.47 Å². The largest absolute Gasteiger partial charge is 0.488 e. The maximum atomic E-state index is 12.2. The molecule has 5 rings (SSSR count). The number of nitrogens with one attached hydrogen (secondary N) is 2. The number of aromatic nitrogens is 4. The number of H-pyrrole nitrogens is 1. The van der Waals surface area contributed by atoms with E-state index in [2.05, 4.69) is 42.3 Å². The van der Waals surface area contributed by atoms with Crippen LogP contribution in [0.4, 0.5) is 5.69 Å². The minimum absolute atomic E-state index is 0.0851. The van der Waals surface area contributed by atoms with Crippen LogP contribution in [-0.4, -0.2) is 64.3 Å². The normalized spacial score (nSPS) is 21.7. The molecule has 1 amide bonds. The van der Waals surface area contributed by atoms with Crippen LogP contribution < -0.4 is 15.0 Å². The number of amides is 1. The molecule has 9 nitrogen and oxygen atoms in total. The highest BCUT2D eigenvalue weighted by molar-refractivity contribution is 5.90. The smallest absolute Gasteiger partial charge is 0.287 e. The Morgan fingerprint density at radius 3 is 2.65 bits per heavy atom. The van der Waals surface area contributed by atoms with Crippen molar-refractivity contribution in [1.82, 2.24) is 25.3 Å². The third-order valence-corrected chi connectivity index (χ3v) is 5.92. The zero-order valence-electron chi connectivity index (χ0n) is 17.3. The molecule has 1 aliphatic carbocycles. The molecule has 31 heavy (non-hydrogen) atoms. The Morgan fingerprint density at radius 1 is 1.06 bits per heavy atom. The Bertz CT molecular complexity index is 1030. The van der Waals surface area contributed by atoms with Crippen LogP contribution in [0.1, 0.15) is 36.3 Å². The summed E-state index contributed by atoms with van der Waals surface area (Å²) in [5, 5.41) is 3.06. The number of imidazole rings is 1. The van der Waals surface area contributed by atoms with Crippen molar-refractivity contribution >= 4 is 22.6 Å². The number of carbonyl (C=O) groups excluding carboxylic acids is 1. The van der Waals surface area contributed by atoms with Crippen molar-refractivity contribution < 1.29 is 14.3 Å². The highest BCUT2D eigenvalue weighted by atomic mass is 16.5. The number of ether oxygens (including phenoxy) is 2. The Morgan fingerprint density at radius 2 is 1.87 bits per heavy atom. The molecular weight excluding hydrogens is 396 g/mol. The number of anilines is 1. The van der Waals surface area contributed by atoms with Crippen molar-refractivity contribution in [3.63, 3.8) is 0 Å². The highest BCUT2D eigenvalue weighted by Gasteiger charge is 2.25. The summed E-state index contributed by atoms with van der Waals surface area (Å²) in [6.45, 7) is 3.15. The lowest BCUT2D eigenvalue weighted by atomic mass is 9.93. The zero-order valence-corrected chi connectivity index (χ0v) is 17.3. The molecule has 1 aromatic carbocycles.